The van der Waals surface area contributed by atoms with E-state index in [2.05, 4.69) is 10.1 Å². The zero-order valence-electron chi connectivity index (χ0n) is 17.7. The molecule has 3 N–H and O–H groups in total. The summed E-state index contributed by atoms with van der Waals surface area (Å²) in [6.45, 7) is 0.632. The number of aliphatic hydroxyl groups excluding tert-OH is 1. The Morgan fingerprint density at radius 2 is 2.09 bits per heavy atom. The molecule has 10 heteroatoms. The maximum Gasteiger partial charge on any atom is 0.335 e. The van der Waals surface area contributed by atoms with Crippen molar-refractivity contribution in [2.75, 3.05) is 25.5 Å². The van der Waals surface area contributed by atoms with Gasteiger partial charge in [0.1, 0.15) is 30.8 Å². The highest BCUT2D eigenvalue weighted by atomic mass is 16.6. The van der Waals surface area contributed by atoms with Crippen LogP contribution in [0.3, 0.4) is 0 Å². The number of anilines is 1. The summed E-state index contributed by atoms with van der Waals surface area (Å²) in [5.74, 6) is 0.0743. The van der Waals surface area contributed by atoms with Crippen molar-refractivity contribution in [2.45, 2.75) is 50.2 Å². The van der Waals surface area contributed by atoms with Crippen LogP contribution < -0.4 is 5.73 Å². The number of hydrogen-bond donors (Lipinski definition) is 2. The molecule has 32 heavy (non-hydrogen) atoms. The fraction of sp³-hybridized carbons (Fsp3) is 0.500. The number of esters is 1. The lowest BCUT2D eigenvalue weighted by Crippen LogP contribution is -2.36. The zero-order valence-corrected chi connectivity index (χ0v) is 17.7. The molecule has 2 aromatic rings. The lowest BCUT2D eigenvalue weighted by atomic mass is 10.1. The van der Waals surface area contributed by atoms with Gasteiger partial charge in [0.2, 0.25) is 0 Å². The van der Waals surface area contributed by atoms with Crippen LogP contribution in [0.5, 0.6) is 0 Å². The van der Waals surface area contributed by atoms with Crippen LogP contribution in [0, 0.1) is 0 Å². The van der Waals surface area contributed by atoms with Gasteiger partial charge in [-0.3, -0.25) is 0 Å². The van der Waals surface area contributed by atoms with E-state index in [1.807, 2.05) is 29.3 Å². The first-order valence-corrected chi connectivity index (χ1v) is 10.9. The van der Waals surface area contributed by atoms with Gasteiger partial charge in [0.15, 0.2) is 5.82 Å². The van der Waals surface area contributed by atoms with Crippen molar-refractivity contribution in [1.82, 2.24) is 19.5 Å². The van der Waals surface area contributed by atoms with Gasteiger partial charge < -0.3 is 30.0 Å². The number of rotatable bonds is 6. The lowest BCUT2D eigenvalue weighted by molar-refractivity contribution is -0.143. The SMILES string of the molecule is Nc1ncnn2c(C3CCC(COC(=O)C4=CC=CN(C5CCC(CO)O5)C4)O3)ccc12. The van der Waals surface area contributed by atoms with E-state index in [9.17, 15) is 9.90 Å². The zero-order chi connectivity index (χ0) is 22.1. The maximum atomic E-state index is 12.6. The van der Waals surface area contributed by atoms with Gasteiger partial charge in [-0.15, -0.1) is 0 Å². The van der Waals surface area contributed by atoms with Crippen molar-refractivity contribution in [3.63, 3.8) is 0 Å². The number of fused-ring (bicyclic) bond motifs is 1. The van der Waals surface area contributed by atoms with Gasteiger partial charge in [0, 0.05) is 6.20 Å². The second-order valence-corrected chi connectivity index (χ2v) is 8.30. The first-order valence-electron chi connectivity index (χ1n) is 10.9. The smallest absolute Gasteiger partial charge is 0.335 e. The average molecular weight is 441 g/mol. The Kier molecular flexibility index (Phi) is 5.81. The molecule has 0 bridgehead atoms. The summed E-state index contributed by atoms with van der Waals surface area (Å²) in [5, 5.41) is 13.5. The monoisotopic (exact) mass is 441 g/mol. The third-order valence-electron chi connectivity index (χ3n) is 6.20. The molecule has 3 aliphatic heterocycles. The fourth-order valence-electron chi connectivity index (χ4n) is 4.49. The summed E-state index contributed by atoms with van der Waals surface area (Å²) in [4.78, 5) is 18.6. The van der Waals surface area contributed by atoms with E-state index in [1.165, 1.54) is 6.33 Å². The third kappa shape index (κ3) is 4.08. The van der Waals surface area contributed by atoms with Crippen LogP contribution in [0.2, 0.25) is 0 Å². The number of carbonyl (C=O) groups is 1. The van der Waals surface area contributed by atoms with Gasteiger partial charge in [-0.25, -0.2) is 14.3 Å². The molecule has 170 valence electrons. The van der Waals surface area contributed by atoms with Gasteiger partial charge in [-0.1, -0.05) is 0 Å². The van der Waals surface area contributed by atoms with Crippen molar-refractivity contribution in [2.24, 2.45) is 0 Å². The summed E-state index contributed by atoms with van der Waals surface area (Å²) in [6.07, 6.45) is 9.57. The molecule has 0 aromatic carbocycles. The molecule has 2 aromatic heterocycles. The molecule has 0 saturated carbocycles. The molecule has 4 atom stereocenters. The molecule has 3 aliphatic rings. The van der Waals surface area contributed by atoms with E-state index in [-0.39, 0.29) is 43.7 Å². The van der Waals surface area contributed by atoms with Crippen LogP contribution >= 0.6 is 0 Å². The first-order chi connectivity index (χ1) is 15.6. The van der Waals surface area contributed by atoms with Gasteiger partial charge in [0.25, 0.3) is 0 Å². The number of nitrogen functional groups attached to an aromatic ring is 1. The number of ether oxygens (including phenoxy) is 3. The number of carbonyl (C=O) groups excluding carboxylic acids is 1. The molecule has 5 rings (SSSR count). The Morgan fingerprint density at radius 3 is 2.94 bits per heavy atom. The highest BCUT2D eigenvalue weighted by Gasteiger charge is 2.32. The van der Waals surface area contributed by atoms with Gasteiger partial charge in [-0.2, -0.15) is 5.10 Å². The fourth-order valence-corrected chi connectivity index (χ4v) is 4.49. The molecule has 5 heterocycles. The second-order valence-electron chi connectivity index (χ2n) is 8.30. The van der Waals surface area contributed by atoms with E-state index in [0.717, 1.165) is 36.9 Å². The predicted octanol–water partition coefficient (Wildman–Crippen LogP) is 1.33. The molecule has 0 spiro atoms. The molecule has 4 unspecified atom stereocenters. The number of nitrogens with two attached hydrogens (primary N) is 1. The van der Waals surface area contributed by atoms with Crippen molar-refractivity contribution >= 4 is 17.3 Å². The highest BCUT2D eigenvalue weighted by Crippen LogP contribution is 2.34. The van der Waals surface area contributed by atoms with E-state index in [4.69, 9.17) is 19.9 Å². The number of allylic oxidation sites excluding steroid dienone is 2. The molecular formula is C22H27N5O5. The number of nitrogens with zero attached hydrogens (tertiary/aromatic N) is 4. The molecular weight excluding hydrogens is 414 g/mol. The first kappa shape index (κ1) is 20.9. The normalized spacial score (nSPS) is 27.8. The molecule has 0 aliphatic carbocycles. The summed E-state index contributed by atoms with van der Waals surface area (Å²) in [6, 6.07) is 3.83. The van der Waals surface area contributed by atoms with Gasteiger partial charge in [0.05, 0.1) is 36.6 Å². The van der Waals surface area contributed by atoms with Crippen LogP contribution in [0.4, 0.5) is 5.82 Å². The Bertz CT molecular complexity index is 1050. The van der Waals surface area contributed by atoms with Gasteiger partial charge >= 0.3 is 5.97 Å². The van der Waals surface area contributed by atoms with E-state index >= 15 is 0 Å². The quantitative estimate of drug-likeness (QED) is 0.639. The molecule has 10 nitrogen and oxygen atoms in total. The molecule has 2 fully saturated rings. The van der Waals surface area contributed by atoms with E-state index in [1.54, 1.807) is 10.6 Å². The predicted molar refractivity (Wildman–Crippen MR) is 114 cm³/mol. The Balaban J connectivity index is 1.14. The summed E-state index contributed by atoms with van der Waals surface area (Å²) in [5.41, 5.74) is 8.14. The average Bonchev–Trinajstić information content (AvgIpc) is 3.57. The van der Waals surface area contributed by atoms with E-state index < -0.39 is 0 Å². The van der Waals surface area contributed by atoms with Gasteiger partial charge in [-0.05, 0) is 50.0 Å². The summed E-state index contributed by atoms with van der Waals surface area (Å²) in [7, 11) is 0. The Labute approximate surface area is 185 Å². The molecule has 0 amide bonds. The summed E-state index contributed by atoms with van der Waals surface area (Å²) < 4.78 is 19.3. The van der Waals surface area contributed by atoms with Crippen LogP contribution in [-0.2, 0) is 19.0 Å². The third-order valence-corrected chi connectivity index (χ3v) is 6.20. The standard InChI is InChI=1S/C22H27N5O5/c23-21-18-6-5-17(27(18)25-13-24-21)19-7-3-16(31-19)12-30-22(29)14-2-1-9-26(10-14)20-8-4-15(11-28)32-20/h1-2,5-6,9,13,15-16,19-20,28H,3-4,7-8,10-12H2,(H2,23,24,25). The topological polar surface area (TPSA) is 124 Å². The largest absolute Gasteiger partial charge is 0.460 e. The number of hydrogen-bond acceptors (Lipinski definition) is 9. The number of aliphatic hydroxyl groups is 1. The Hall–Kier alpha value is -2.95. The lowest BCUT2D eigenvalue weighted by Gasteiger charge is -2.29. The maximum absolute atomic E-state index is 12.6. The highest BCUT2D eigenvalue weighted by molar-refractivity contribution is 5.89. The van der Waals surface area contributed by atoms with Crippen molar-refractivity contribution in [3.05, 3.63) is 48.1 Å². The minimum absolute atomic E-state index is 0.0144. The second kappa shape index (κ2) is 8.89. The Morgan fingerprint density at radius 1 is 1.22 bits per heavy atom. The summed E-state index contributed by atoms with van der Waals surface area (Å²) >= 11 is 0. The van der Waals surface area contributed by atoms with Crippen LogP contribution in [0.25, 0.3) is 5.52 Å². The van der Waals surface area contributed by atoms with Crippen LogP contribution in [0.15, 0.2) is 42.4 Å². The van der Waals surface area contributed by atoms with Crippen LogP contribution in [-0.4, -0.2) is 68.8 Å². The van der Waals surface area contributed by atoms with Crippen molar-refractivity contribution in [1.29, 1.82) is 0 Å². The molecule has 0 radical (unpaired) electrons. The van der Waals surface area contributed by atoms with Crippen molar-refractivity contribution in [3.8, 4) is 0 Å². The van der Waals surface area contributed by atoms with Crippen molar-refractivity contribution < 1.29 is 24.1 Å². The van der Waals surface area contributed by atoms with E-state index in [0.29, 0.717) is 17.9 Å². The molecule has 2 saturated heterocycles. The number of aromatic nitrogens is 3. The minimum Gasteiger partial charge on any atom is -0.460 e. The van der Waals surface area contributed by atoms with Crippen LogP contribution in [0.1, 0.15) is 37.5 Å². The minimum atomic E-state index is -0.350.